The fraction of sp³-hybridized carbons (Fsp3) is 0.364. The zero-order chi connectivity index (χ0) is 13.2. The molecule has 1 atom stereocenters. The van der Waals surface area contributed by atoms with Crippen molar-refractivity contribution < 1.29 is 9.69 Å². The molecule has 0 aliphatic rings. The van der Waals surface area contributed by atoms with Gasteiger partial charge in [-0.15, -0.1) is 0 Å². The molecule has 0 spiro atoms. The first kappa shape index (κ1) is 14.8. The summed E-state index contributed by atoms with van der Waals surface area (Å²) in [6.45, 7) is 4.11. The lowest BCUT2D eigenvalue weighted by molar-refractivity contribution is -0.117. The molecule has 6 heteroatoms. The van der Waals surface area contributed by atoms with Crippen LogP contribution in [0.3, 0.4) is 0 Å². The van der Waals surface area contributed by atoms with E-state index in [2.05, 4.69) is 38.3 Å². The van der Waals surface area contributed by atoms with Crippen molar-refractivity contribution in [2.24, 2.45) is 5.73 Å². The molecule has 1 unspecified atom stereocenters. The van der Waals surface area contributed by atoms with Crippen molar-refractivity contribution in [1.82, 2.24) is 0 Å². The van der Waals surface area contributed by atoms with Crippen molar-refractivity contribution in [3.63, 3.8) is 0 Å². The molecule has 94 valence electrons. The van der Waals surface area contributed by atoms with Crippen LogP contribution in [0.1, 0.15) is 36.6 Å². The smallest absolute Gasteiger partial charge is 0.269 e. The maximum absolute atomic E-state index is 11.4. The van der Waals surface area contributed by atoms with Crippen LogP contribution >= 0.6 is 30.4 Å². The molecule has 0 aliphatic heterocycles. The standard InChI is InChI=1S/C11H16NO2PS2/c1-7(2)8-4-3-5-9(6-8)10(11(12)13)15(14,16)17/h3-7,10,14,16-17H,1-2H3,(H-,12,13)/p+1. The van der Waals surface area contributed by atoms with Crippen molar-refractivity contribution in [1.29, 1.82) is 0 Å². The largest absolute Gasteiger partial charge is 0.366 e. The van der Waals surface area contributed by atoms with Crippen molar-refractivity contribution in [2.75, 3.05) is 0 Å². The van der Waals surface area contributed by atoms with Gasteiger partial charge in [-0.25, -0.2) is 4.89 Å². The van der Waals surface area contributed by atoms with E-state index in [0.717, 1.165) is 5.56 Å². The summed E-state index contributed by atoms with van der Waals surface area (Å²) in [7, 11) is 0. The normalized spacial score (nSPS) is 13.8. The van der Waals surface area contributed by atoms with Gasteiger partial charge in [0.25, 0.3) is 11.8 Å². The molecule has 0 fully saturated rings. The number of primary amides is 1. The molecule has 0 saturated carbocycles. The first-order chi connectivity index (χ1) is 7.73. The predicted molar refractivity (Wildman–Crippen MR) is 79.6 cm³/mol. The lowest BCUT2D eigenvalue weighted by Gasteiger charge is -2.17. The van der Waals surface area contributed by atoms with Gasteiger partial charge in [-0.2, -0.15) is 0 Å². The minimum absolute atomic E-state index is 0.342. The molecule has 1 rings (SSSR count). The fourth-order valence-corrected chi connectivity index (χ4v) is 4.01. The number of carbonyl (C=O) groups is 1. The van der Waals surface area contributed by atoms with E-state index in [1.54, 1.807) is 6.07 Å². The van der Waals surface area contributed by atoms with Gasteiger partial charge >= 0.3 is 0 Å². The van der Waals surface area contributed by atoms with E-state index in [0.29, 0.717) is 11.5 Å². The Morgan fingerprint density at radius 3 is 2.29 bits per heavy atom. The van der Waals surface area contributed by atoms with Gasteiger partial charge in [0.15, 0.2) is 0 Å². The van der Waals surface area contributed by atoms with Gasteiger partial charge in [0.1, 0.15) is 0 Å². The summed E-state index contributed by atoms with van der Waals surface area (Å²) in [5, 5.41) is 0. The van der Waals surface area contributed by atoms with E-state index in [1.807, 2.05) is 18.2 Å². The highest BCUT2D eigenvalue weighted by atomic mass is 33.1. The second-order valence-electron chi connectivity index (χ2n) is 4.24. The molecule has 3 nitrogen and oxygen atoms in total. The van der Waals surface area contributed by atoms with Gasteiger partial charge < -0.3 is 5.73 Å². The Morgan fingerprint density at radius 2 is 1.88 bits per heavy atom. The number of benzene rings is 1. The average Bonchev–Trinajstić information content (AvgIpc) is 2.15. The molecule has 1 aromatic rings. The van der Waals surface area contributed by atoms with Gasteiger partial charge in [-0.1, -0.05) is 38.1 Å². The van der Waals surface area contributed by atoms with E-state index in [4.69, 9.17) is 5.73 Å². The summed E-state index contributed by atoms with van der Waals surface area (Å²) >= 11 is 8.03. The second kappa shape index (κ2) is 5.61. The number of amides is 1. The fourth-order valence-electron chi connectivity index (χ4n) is 1.62. The molecule has 0 aliphatic carbocycles. The number of rotatable bonds is 4. The SMILES string of the molecule is CC(C)c1cccc(C(C(N)=O)[P+](O)(S)S)c1. The van der Waals surface area contributed by atoms with Crippen LogP contribution in [0.4, 0.5) is 0 Å². The third-order valence-electron chi connectivity index (χ3n) is 2.51. The Labute approximate surface area is 113 Å². The van der Waals surface area contributed by atoms with Crippen molar-refractivity contribution >= 4 is 36.3 Å². The molecule has 1 aromatic carbocycles. The van der Waals surface area contributed by atoms with Gasteiger partial charge in [0, 0.05) is 30.1 Å². The van der Waals surface area contributed by atoms with Crippen molar-refractivity contribution in [3.05, 3.63) is 35.4 Å². The predicted octanol–water partition coefficient (Wildman–Crippen LogP) is 2.95. The maximum Gasteiger partial charge on any atom is 0.269 e. The van der Waals surface area contributed by atoms with Crippen molar-refractivity contribution in [3.8, 4) is 0 Å². The minimum atomic E-state index is -2.94. The van der Waals surface area contributed by atoms with Crippen LogP contribution in [0, 0.1) is 0 Å². The third-order valence-corrected chi connectivity index (χ3v) is 5.14. The van der Waals surface area contributed by atoms with Crippen LogP contribution in [0.25, 0.3) is 0 Å². The molecule has 17 heavy (non-hydrogen) atoms. The number of carbonyl (C=O) groups excluding carboxylic acids is 1. The van der Waals surface area contributed by atoms with E-state index < -0.39 is 17.5 Å². The molecule has 1 amide bonds. The molecular weight excluding hydrogens is 273 g/mol. The summed E-state index contributed by atoms with van der Waals surface area (Å²) in [6.07, 6.45) is 0. The molecule has 0 aromatic heterocycles. The number of thiol groups is 2. The molecule has 0 heterocycles. The highest BCUT2D eigenvalue weighted by Crippen LogP contribution is 2.74. The van der Waals surface area contributed by atoms with Crippen LogP contribution < -0.4 is 5.73 Å². The maximum atomic E-state index is 11.4. The molecule has 0 bridgehead atoms. The quantitative estimate of drug-likeness (QED) is 0.509. The van der Waals surface area contributed by atoms with Gasteiger partial charge in [0.2, 0.25) is 5.66 Å². The van der Waals surface area contributed by atoms with Crippen molar-refractivity contribution in [2.45, 2.75) is 25.4 Å². The van der Waals surface area contributed by atoms with Crippen LogP contribution in [0.15, 0.2) is 24.3 Å². The Hall–Kier alpha value is -0.220. The van der Waals surface area contributed by atoms with Gasteiger partial charge in [-0.05, 0) is 11.5 Å². The Morgan fingerprint density at radius 1 is 1.35 bits per heavy atom. The van der Waals surface area contributed by atoms with Crippen LogP contribution in [0.2, 0.25) is 0 Å². The van der Waals surface area contributed by atoms with E-state index >= 15 is 0 Å². The third kappa shape index (κ3) is 3.88. The number of nitrogens with two attached hydrogens (primary N) is 1. The first-order valence-electron chi connectivity index (χ1n) is 5.19. The minimum Gasteiger partial charge on any atom is -0.366 e. The zero-order valence-electron chi connectivity index (χ0n) is 9.74. The first-order valence-corrected chi connectivity index (χ1v) is 9.31. The van der Waals surface area contributed by atoms with Crippen LogP contribution in [-0.2, 0) is 4.79 Å². The molecular formula is C11H17NO2PS2+. The van der Waals surface area contributed by atoms with E-state index in [1.165, 1.54) is 0 Å². The summed E-state index contributed by atoms with van der Waals surface area (Å²) in [6, 6.07) is 7.45. The zero-order valence-corrected chi connectivity index (χ0v) is 12.4. The lowest BCUT2D eigenvalue weighted by Crippen LogP contribution is -2.21. The summed E-state index contributed by atoms with van der Waals surface area (Å²) in [5.74, 6) is -3.20. The highest BCUT2D eigenvalue weighted by Gasteiger charge is 2.44. The Kier molecular flexibility index (Phi) is 4.90. The summed E-state index contributed by atoms with van der Waals surface area (Å²) in [5.41, 5.74) is 6.23. The summed E-state index contributed by atoms with van der Waals surface area (Å²) in [4.78, 5) is 21.3. The van der Waals surface area contributed by atoms with E-state index in [9.17, 15) is 9.69 Å². The Bertz CT molecular complexity index is 418. The van der Waals surface area contributed by atoms with Gasteiger partial charge in [-0.3, -0.25) is 4.79 Å². The topological polar surface area (TPSA) is 63.3 Å². The molecule has 0 radical (unpaired) electrons. The monoisotopic (exact) mass is 290 g/mol. The molecule has 3 N–H and O–H groups in total. The number of hydrogen-bond acceptors (Lipinski definition) is 4. The highest BCUT2D eigenvalue weighted by molar-refractivity contribution is 8.83. The van der Waals surface area contributed by atoms with Crippen LogP contribution in [0.5, 0.6) is 0 Å². The summed E-state index contributed by atoms with van der Waals surface area (Å²) < 4.78 is 0. The van der Waals surface area contributed by atoms with Gasteiger partial charge in [0.05, 0.1) is 0 Å². The molecule has 0 saturated heterocycles. The average molecular weight is 290 g/mol. The Balaban J connectivity index is 3.20. The number of hydrogen-bond donors (Lipinski definition) is 4. The van der Waals surface area contributed by atoms with E-state index in [-0.39, 0.29) is 0 Å². The second-order valence-corrected chi connectivity index (χ2v) is 10.6. The lowest BCUT2D eigenvalue weighted by atomic mass is 9.99. The van der Waals surface area contributed by atoms with Crippen LogP contribution in [-0.4, -0.2) is 10.8 Å².